The number of likely N-dealkylation sites (tertiary alicyclic amines) is 1. The molecule has 1 aliphatic rings. The summed E-state index contributed by atoms with van der Waals surface area (Å²) in [6.07, 6.45) is -2.15. The van der Waals surface area contributed by atoms with Crippen molar-refractivity contribution in [2.45, 2.75) is 50.9 Å². The van der Waals surface area contributed by atoms with Gasteiger partial charge >= 0.3 is 6.18 Å². The molecule has 2 amide bonds. The Morgan fingerprint density at radius 1 is 1.33 bits per heavy atom. The molecule has 2 atom stereocenters. The molecule has 0 radical (unpaired) electrons. The molecule has 8 heteroatoms. The fourth-order valence-electron chi connectivity index (χ4n) is 2.86. The van der Waals surface area contributed by atoms with Crippen molar-refractivity contribution in [2.24, 2.45) is 0 Å². The van der Waals surface area contributed by atoms with E-state index in [1.165, 1.54) is 0 Å². The molecule has 2 rings (SSSR count). The van der Waals surface area contributed by atoms with E-state index < -0.39 is 24.2 Å². The van der Waals surface area contributed by atoms with Crippen molar-refractivity contribution < 1.29 is 22.8 Å². The van der Waals surface area contributed by atoms with E-state index in [0.29, 0.717) is 6.42 Å². The lowest BCUT2D eigenvalue weighted by Crippen LogP contribution is -2.57. The number of hydrogen-bond donors (Lipinski definition) is 1. The fourth-order valence-corrected chi connectivity index (χ4v) is 2.86. The smallest absolute Gasteiger partial charge is 0.352 e. The van der Waals surface area contributed by atoms with E-state index in [9.17, 15) is 22.8 Å². The number of piperidine rings is 1. The van der Waals surface area contributed by atoms with E-state index in [1.807, 2.05) is 6.07 Å². The van der Waals surface area contributed by atoms with Gasteiger partial charge in [-0.1, -0.05) is 6.07 Å². The number of rotatable bonds is 4. The van der Waals surface area contributed by atoms with Gasteiger partial charge in [-0.25, -0.2) is 0 Å². The third kappa shape index (κ3) is 4.94. The van der Waals surface area contributed by atoms with Crippen molar-refractivity contribution >= 4 is 11.8 Å². The maximum Gasteiger partial charge on any atom is 0.408 e. The molecule has 132 valence electrons. The summed E-state index contributed by atoms with van der Waals surface area (Å²) in [5.41, 5.74) is 0.777. The van der Waals surface area contributed by atoms with Gasteiger partial charge in [0.25, 0.3) is 0 Å². The molecule has 1 aromatic rings. The van der Waals surface area contributed by atoms with Crippen LogP contribution < -0.4 is 5.32 Å². The number of carbonyl (C=O) groups is 2. The summed E-state index contributed by atoms with van der Waals surface area (Å²) in [5.74, 6) is -0.885. The molecule has 2 heterocycles. The number of hydrogen-bond acceptors (Lipinski definition) is 3. The minimum Gasteiger partial charge on any atom is -0.352 e. The van der Waals surface area contributed by atoms with Crippen LogP contribution in [0.4, 0.5) is 13.2 Å². The zero-order valence-electron chi connectivity index (χ0n) is 13.3. The summed E-state index contributed by atoms with van der Waals surface area (Å²) in [6, 6.07) is 3.18. The lowest BCUT2D eigenvalue weighted by atomic mass is 9.97. The highest BCUT2D eigenvalue weighted by Gasteiger charge is 2.47. The van der Waals surface area contributed by atoms with Gasteiger partial charge in [-0.3, -0.25) is 14.6 Å². The fraction of sp³-hybridized carbons (Fsp3) is 0.562. The summed E-state index contributed by atoms with van der Waals surface area (Å²) in [5, 5.41) is 2.72. The van der Waals surface area contributed by atoms with Crippen molar-refractivity contribution in [3.05, 3.63) is 30.1 Å². The van der Waals surface area contributed by atoms with Gasteiger partial charge in [0, 0.05) is 37.8 Å². The van der Waals surface area contributed by atoms with Crippen LogP contribution in [0.1, 0.15) is 31.9 Å². The number of aryl methyl sites for hydroxylation is 1. The number of amides is 2. The zero-order valence-corrected chi connectivity index (χ0v) is 13.3. The minimum absolute atomic E-state index is 0.116. The van der Waals surface area contributed by atoms with Gasteiger partial charge in [0.1, 0.15) is 6.04 Å². The average molecular weight is 343 g/mol. The van der Waals surface area contributed by atoms with Crippen LogP contribution in [0.3, 0.4) is 0 Å². The second kappa shape index (κ2) is 7.63. The first-order valence-electron chi connectivity index (χ1n) is 7.80. The van der Waals surface area contributed by atoms with Crippen LogP contribution in [0.5, 0.6) is 0 Å². The van der Waals surface area contributed by atoms with Crippen molar-refractivity contribution in [2.75, 3.05) is 6.54 Å². The zero-order chi connectivity index (χ0) is 17.7. The van der Waals surface area contributed by atoms with Crippen LogP contribution >= 0.6 is 0 Å². The Morgan fingerprint density at radius 3 is 2.67 bits per heavy atom. The van der Waals surface area contributed by atoms with Crippen LogP contribution in [0.2, 0.25) is 0 Å². The number of halogens is 3. The predicted octanol–water partition coefficient (Wildman–Crippen LogP) is 2.07. The van der Waals surface area contributed by atoms with E-state index in [0.717, 1.165) is 17.5 Å². The summed E-state index contributed by atoms with van der Waals surface area (Å²) in [6.45, 7) is 0.999. The van der Waals surface area contributed by atoms with Gasteiger partial charge in [-0.15, -0.1) is 0 Å². The van der Waals surface area contributed by atoms with Gasteiger partial charge in [0.2, 0.25) is 11.8 Å². The molecule has 1 aromatic heterocycles. The monoisotopic (exact) mass is 343 g/mol. The Bertz CT molecular complexity index is 578. The Hall–Kier alpha value is -2.12. The van der Waals surface area contributed by atoms with E-state index in [1.54, 1.807) is 18.3 Å². The Kier molecular flexibility index (Phi) is 5.80. The number of nitrogens with one attached hydrogen (secondary N) is 1. The lowest BCUT2D eigenvalue weighted by molar-refractivity contribution is -0.196. The molecule has 1 saturated heterocycles. The molecule has 5 nitrogen and oxygen atoms in total. The Balaban J connectivity index is 1.87. The summed E-state index contributed by atoms with van der Waals surface area (Å²) < 4.78 is 38.9. The van der Waals surface area contributed by atoms with Crippen LogP contribution in [-0.2, 0) is 16.0 Å². The van der Waals surface area contributed by atoms with E-state index in [4.69, 9.17) is 0 Å². The first-order valence-corrected chi connectivity index (χ1v) is 7.80. The molecule has 2 unspecified atom stereocenters. The molecule has 0 bridgehead atoms. The van der Waals surface area contributed by atoms with Crippen LogP contribution in [-0.4, -0.2) is 46.5 Å². The second-order valence-electron chi connectivity index (χ2n) is 5.89. The van der Waals surface area contributed by atoms with E-state index >= 15 is 0 Å². The quantitative estimate of drug-likeness (QED) is 0.910. The van der Waals surface area contributed by atoms with Crippen LogP contribution in [0, 0.1) is 0 Å². The second-order valence-corrected chi connectivity index (χ2v) is 5.89. The molecule has 0 saturated carbocycles. The molecule has 24 heavy (non-hydrogen) atoms. The maximum atomic E-state index is 13.0. The van der Waals surface area contributed by atoms with Crippen LogP contribution in [0.15, 0.2) is 24.4 Å². The van der Waals surface area contributed by atoms with Crippen LogP contribution in [0.25, 0.3) is 0 Å². The number of aromatic nitrogens is 1. The number of pyridine rings is 1. The summed E-state index contributed by atoms with van der Waals surface area (Å²) in [7, 11) is 0. The molecule has 1 N–H and O–H groups in total. The van der Waals surface area contributed by atoms with Gasteiger partial charge < -0.3 is 10.2 Å². The highest BCUT2D eigenvalue weighted by molar-refractivity contribution is 5.77. The molecule has 0 aliphatic carbocycles. The third-order valence-corrected chi connectivity index (χ3v) is 4.06. The predicted molar refractivity (Wildman–Crippen MR) is 81.0 cm³/mol. The number of carbonyl (C=O) groups excluding carboxylic acids is 2. The largest absolute Gasteiger partial charge is 0.408 e. The van der Waals surface area contributed by atoms with Crippen molar-refractivity contribution in [3.8, 4) is 0 Å². The first-order chi connectivity index (χ1) is 11.3. The third-order valence-electron chi connectivity index (χ3n) is 4.06. The molecule has 0 spiro atoms. The van der Waals surface area contributed by atoms with Gasteiger partial charge in [-0.2, -0.15) is 13.2 Å². The molecule has 1 aliphatic heterocycles. The highest BCUT2D eigenvalue weighted by atomic mass is 19.4. The van der Waals surface area contributed by atoms with E-state index in [-0.39, 0.29) is 31.7 Å². The molecule has 1 fully saturated rings. The minimum atomic E-state index is -4.44. The number of nitrogens with zero attached hydrogens (tertiary/aromatic N) is 2. The van der Waals surface area contributed by atoms with Gasteiger partial charge in [0.15, 0.2) is 0 Å². The Morgan fingerprint density at radius 2 is 2.08 bits per heavy atom. The van der Waals surface area contributed by atoms with Crippen molar-refractivity contribution in [1.82, 2.24) is 15.2 Å². The van der Waals surface area contributed by atoms with Gasteiger partial charge in [0.05, 0.1) is 0 Å². The number of alkyl halides is 3. The topological polar surface area (TPSA) is 62.3 Å². The lowest BCUT2D eigenvalue weighted by Gasteiger charge is -2.40. The normalized spacial score (nSPS) is 21.4. The standard InChI is InChI=1S/C16H20F3N3O2/c1-11(23)22-10-13(5-7-14(22)16(17,18)19)21-15(24)8-6-12-4-2-3-9-20-12/h2-4,9,13-14H,5-8,10H2,1H3,(H,21,24). The molecule has 0 aromatic carbocycles. The highest BCUT2D eigenvalue weighted by Crippen LogP contribution is 2.32. The van der Waals surface area contributed by atoms with Crippen molar-refractivity contribution in [3.63, 3.8) is 0 Å². The SMILES string of the molecule is CC(=O)N1CC(NC(=O)CCc2ccccn2)CCC1C(F)(F)F. The summed E-state index contributed by atoms with van der Waals surface area (Å²) >= 11 is 0. The molecular weight excluding hydrogens is 323 g/mol. The van der Waals surface area contributed by atoms with Crippen molar-refractivity contribution in [1.29, 1.82) is 0 Å². The average Bonchev–Trinajstić information content (AvgIpc) is 2.53. The first kappa shape index (κ1) is 18.2. The molecular formula is C16H20F3N3O2. The van der Waals surface area contributed by atoms with Gasteiger partial charge in [-0.05, 0) is 31.4 Å². The Labute approximate surface area is 138 Å². The summed E-state index contributed by atoms with van der Waals surface area (Å²) in [4.78, 5) is 28.4. The maximum absolute atomic E-state index is 13.0. The van der Waals surface area contributed by atoms with E-state index in [2.05, 4.69) is 10.3 Å².